The molecule has 0 radical (unpaired) electrons. The van der Waals surface area contributed by atoms with Crippen molar-refractivity contribution in [1.29, 1.82) is 0 Å². The summed E-state index contributed by atoms with van der Waals surface area (Å²) in [6.07, 6.45) is 0.759. The number of methoxy groups -OCH3 is 3. The van der Waals surface area contributed by atoms with Gasteiger partial charge in [-0.3, -0.25) is 14.5 Å². The minimum atomic E-state index is -1.14. The van der Waals surface area contributed by atoms with Gasteiger partial charge in [-0.1, -0.05) is 26.0 Å². The molecule has 2 unspecified atom stereocenters. The maximum absolute atomic E-state index is 14.0. The highest BCUT2D eigenvalue weighted by molar-refractivity contribution is 6.08. The zero-order valence-corrected chi connectivity index (χ0v) is 21.6. The van der Waals surface area contributed by atoms with Gasteiger partial charge in [-0.2, -0.15) is 0 Å². The first-order valence-electron chi connectivity index (χ1n) is 12.1. The average Bonchev–Trinajstić information content (AvgIpc) is 3.25. The van der Waals surface area contributed by atoms with Gasteiger partial charge in [0.15, 0.2) is 17.4 Å². The van der Waals surface area contributed by atoms with Crippen LogP contribution in [0.3, 0.4) is 0 Å². The number of carbonyl (C=O) groups is 2. The smallest absolute Gasteiger partial charge is 0.321 e. The van der Waals surface area contributed by atoms with Gasteiger partial charge in [0.25, 0.3) is 0 Å². The number of aromatic nitrogens is 2. The summed E-state index contributed by atoms with van der Waals surface area (Å²) in [4.78, 5) is 33.9. The van der Waals surface area contributed by atoms with Crippen molar-refractivity contribution < 1.29 is 28.5 Å². The summed E-state index contributed by atoms with van der Waals surface area (Å²) in [5.41, 5.74) is 2.11. The molecule has 0 N–H and O–H groups in total. The van der Waals surface area contributed by atoms with E-state index in [4.69, 9.17) is 23.9 Å². The van der Waals surface area contributed by atoms with Crippen LogP contribution in [0.1, 0.15) is 38.8 Å². The Morgan fingerprint density at radius 1 is 1.03 bits per heavy atom. The van der Waals surface area contributed by atoms with Crippen LogP contribution >= 0.6 is 0 Å². The van der Waals surface area contributed by atoms with Crippen molar-refractivity contribution in [1.82, 2.24) is 9.55 Å². The molecule has 9 heteroatoms. The van der Waals surface area contributed by atoms with Crippen molar-refractivity contribution in [2.75, 3.05) is 39.4 Å². The lowest BCUT2D eigenvalue weighted by atomic mass is 9.88. The van der Waals surface area contributed by atoms with Crippen molar-refractivity contribution >= 4 is 28.9 Å². The second-order valence-electron chi connectivity index (χ2n) is 9.07. The Kier molecular flexibility index (Phi) is 7.37. The Balaban J connectivity index is 2.04. The van der Waals surface area contributed by atoms with E-state index >= 15 is 0 Å². The third-order valence-corrected chi connectivity index (χ3v) is 6.47. The number of hydrogen-bond acceptors (Lipinski definition) is 7. The molecular formula is C27H33N3O6. The molecule has 2 atom stereocenters. The van der Waals surface area contributed by atoms with Gasteiger partial charge in [0.2, 0.25) is 11.9 Å². The maximum atomic E-state index is 14.0. The van der Waals surface area contributed by atoms with Gasteiger partial charge >= 0.3 is 5.97 Å². The Morgan fingerprint density at radius 2 is 1.69 bits per heavy atom. The lowest BCUT2D eigenvalue weighted by Crippen LogP contribution is -2.50. The number of rotatable bonds is 9. The van der Waals surface area contributed by atoms with Crippen LogP contribution in [-0.4, -0.2) is 55.9 Å². The minimum absolute atomic E-state index is 0.155. The minimum Gasteiger partial charge on any atom is -0.496 e. The Bertz CT molecular complexity index is 1270. The first-order valence-corrected chi connectivity index (χ1v) is 12.1. The van der Waals surface area contributed by atoms with Crippen molar-refractivity contribution in [3.05, 3.63) is 42.0 Å². The second-order valence-corrected chi connectivity index (χ2v) is 9.07. The van der Waals surface area contributed by atoms with E-state index in [0.29, 0.717) is 41.2 Å². The molecule has 0 fully saturated rings. The molecule has 0 saturated heterocycles. The number of carbonyl (C=O) groups excluding carboxylic acids is 2. The van der Waals surface area contributed by atoms with E-state index in [1.54, 1.807) is 24.0 Å². The number of anilines is 1. The fourth-order valence-electron chi connectivity index (χ4n) is 4.71. The van der Waals surface area contributed by atoms with Crippen LogP contribution < -0.4 is 19.1 Å². The number of para-hydroxylation sites is 2. The maximum Gasteiger partial charge on any atom is 0.321 e. The molecule has 0 saturated carbocycles. The summed E-state index contributed by atoms with van der Waals surface area (Å²) in [7, 11) is 4.61. The molecule has 1 aromatic heterocycles. The molecule has 0 bridgehead atoms. The summed E-state index contributed by atoms with van der Waals surface area (Å²) >= 11 is 0. The number of amides is 1. The topological polar surface area (TPSA) is 92.1 Å². The van der Waals surface area contributed by atoms with Crippen LogP contribution in [0.4, 0.5) is 5.95 Å². The van der Waals surface area contributed by atoms with Crippen LogP contribution in [0.25, 0.3) is 11.0 Å². The Labute approximate surface area is 210 Å². The molecule has 3 aromatic rings. The molecule has 1 aliphatic heterocycles. The summed E-state index contributed by atoms with van der Waals surface area (Å²) in [6, 6.07) is 10.3. The predicted octanol–water partition coefficient (Wildman–Crippen LogP) is 4.22. The number of ether oxygens (including phenoxy) is 4. The lowest BCUT2D eigenvalue weighted by Gasteiger charge is -2.38. The Hall–Kier alpha value is -3.75. The molecule has 9 nitrogen and oxygen atoms in total. The van der Waals surface area contributed by atoms with Gasteiger partial charge in [0, 0.05) is 18.2 Å². The van der Waals surface area contributed by atoms with E-state index in [0.717, 1.165) is 17.5 Å². The van der Waals surface area contributed by atoms with Crippen LogP contribution in [-0.2, 0) is 14.3 Å². The van der Waals surface area contributed by atoms with Crippen LogP contribution in [0.2, 0.25) is 0 Å². The predicted molar refractivity (Wildman–Crippen MR) is 136 cm³/mol. The largest absolute Gasteiger partial charge is 0.496 e. The molecule has 2 aromatic carbocycles. The quantitative estimate of drug-likeness (QED) is 0.324. The van der Waals surface area contributed by atoms with E-state index in [1.165, 1.54) is 21.3 Å². The highest BCUT2D eigenvalue weighted by Gasteiger charge is 2.49. The lowest BCUT2D eigenvalue weighted by molar-refractivity contribution is -0.153. The van der Waals surface area contributed by atoms with Crippen molar-refractivity contribution in [2.45, 2.75) is 33.2 Å². The monoisotopic (exact) mass is 495 g/mol. The van der Waals surface area contributed by atoms with Crippen molar-refractivity contribution in [2.24, 2.45) is 11.8 Å². The summed E-state index contributed by atoms with van der Waals surface area (Å²) < 4.78 is 24.1. The number of benzene rings is 2. The third-order valence-electron chi connectivity index (χ3n) is 6.47. The standard InChI is InChI=1S/C27H33N3O6/c1-7-36-26(32)23-24(17-14-21(34-5)22(35-6)15-20(17)33-4)30-19-11-9-8-10-18(19)28-27(30)29(25(23)31)13-12-16(2)3/h8-11,14-16,23-24H,7,12-13H2,1-6H3. The molecule has 36 heavy (non-hydrogen) atoms. The van der Waals surface area contributed by atoms with E-state index < -0.39 is 17.9 Å². The van der Waals surface area contributed by atoms with Gasteiger partial charge in [-0.15, -0.1) is 0 Å². The van der Waals surface area contributed by atoms with E-state index in [9.17, 15) is 9.59 Å². The fourth-order valence-corrected chi connectivity index (χ4v) is 4.71. The van der Waals surface area contributed by atoms with Crippen LogP contribution in [0.5, 0.6) is 17.2 Å². The van der Waals surface area contributed by atoms with Crippen molar-refractivity contribution in [3.8, 4) is 17.2 Å². The number of fused-ring (bicyclic) bond motifs is 3. The molecule has 1 amide bonds. The SMILES string of the molecule is CCOC(=O)C1C(=O)N(CCC(C)C)c2nc3ccccc3n2C1c1cc(OC)c(OC)cc1OC. The Morgan fingerprint density at radius 3 is 2.33 bits per heavy atom. The third kappa shape index (κ3) is 4.34. The summed E-state index contributed by atoms with van der Waals surface area (Å²) in [5, 5.41) is 0. The average molecular weight is 496 g/mol. The highest BCUT2D eigenvalue weighted by Crippen LogP contribution is 2.47. The number of imidazole rings is 1. The summed E-state index contributed by atoms with van der Waals surface area (Å²) in [6.45, 7) is 6.51. The van der Waals surface area contributed by atoms with Gasteiger partial charge < -0.3 is 23.5 Å². The number of esters is 1. The van der Waals surface area contributed by atoms with Gasteiger partial charge in [0.05, 0.1) is 45.0 Å². The van der Waals surface area contributed by atoms with Gasteiger partial charge in [0.1, 0.15) is 5.75 Å². The van der Waals surface area contributed by atoms with E-state index in [2.05, 4.69) is 13.8 Å². The molecular weight excluding hydrogens is 462 g/mol. The zero-order chi connectivity index (χ0) is 26.0. The van der Waals surface area contributed by atoms with E-state index in [1.807, 2.05) is 28.8 Å². The highest BCUT2D eigenvalue weighted by atomic mass is 16.5. The van der Waals surface area contributed by atoms with E-state index in [-0.39, 0.29) is 12.5 Å². The molecule has 0 aliphatic carbocycles. The molecule has 192 valence electrons. The number of nitrogens with zero attached hydrogens (tertiary/aromatic N) is 3. The van der Waals surface area contributed by atoms with Crippen LogP contribution in [0.15, 0.2) is 36.4 Å². The first kappa shape index (κ1) is 25.3. The normalized spacial score (nSPS) is 17.3. The second kappa shape index (κ2) is 10.5. The molecule has 2 heterocycles. The van der Waals surface area contributed by atoms with Gasteiger partial charge in [-0.05, 0) is 37.5 Å². The zero-order valence-electron chi connectivity index (χ0n) is 21.6. The first-order chi connectivity index (χ1) is 17.4. The van der Waals surface area contributed by atoms with Gasteiger partial charge in [-0.25, -0.2) is 4.98 Å². The molecule has 1 aliphatic rings. The fraction of sp³-hybridized carbons (Fsp3) is 0.444. The summed E-state index contributed by atoms with van der Waals surface area (Å²) in [5.74, 6) is 0.151. The molecule has 0 spiro atoms. The van der Waals surface area contributed by atoms with Crippen molar-refractivity contribution in [3.63, 3.8) is 0 Å². The molecule has 4 rings (SSSR count). The number of hydrogen-bond donors (Lipinski definition) is 0. The van der Waals surface area contributed by atoms with Crippen LogP contribution in [0, 0.1) is 11.8 Å².